The number of nitro benzene ring substituents is 1. The summed E-state index contributed by atoms with van der Waals surface area (Å²) in [6.07, 6.45) is -1.38. The number of carbonyl (C=O) groups is 1. The van der Waals surface area contributed by atoms with Crippen LogP contribution in [-0.4, -0.2) is 83.2 Å². The summed E-state index contributed by atoms with van der Waals surface area (Å²) >= 11 is 0. The molecule has 0 aliphatic heterocycles. The van der Waals surface area contributed by atoms with Crippen LogP contribution >= 0.6 is 0 Å². The lowest BCUT2D eigenvalue weighted by Gasteiger charge is -2.35. The Kier molecular flexibility index (Phi) is 9.87. The van der Waals surface area contributed by atoms with Gasteiger partial charge < -0.3 is 29.2 Å². The predicted molar refractivity (Wildman–Crippen MR) is 116 cm³/mol. The van der Waals surface area contributed by atoms with Crippen LogP contribution in [0.5, 0.6) is 0 Å². The van der Waals surface area contributed by atoms with Gasteiger partial charge in [0.1, 0.15) is 12.2 Å². The summed E-state index contributed by atoms with van der Waals surface area (Å²) in [6, 6.07) is 4.81. The number of carboxylic acids is 1. The van der Waals surface area contributed by atoms with Crippen molar-refractivity contribution >= 4 is 21.7 Å². The van der Waals surface area contributed by atoms with Crippen LogP contribution in [0.1, 0.15) is 12.8 Å². The number of aliphatic hydroxyl groups excluding tert-OH is 1. The summed E-state index contributed by atoms with van der Waals surface area (Å²) in [6.45, 7) is -1.51. The number of para-hydroxylation sites is 1. The molecule has 1 fully saturated rings. The molecule has 0 bridgehead atoms. The van der Waals surface area contributed by atoms with Gasteiger partial charge in [0.15, 0.2) is 11.2 Å². The lowest BCUT2D eigenvalue weighted by molar-refractivity contribution is -0.387. The average molecular weight is 507 g/mol. The molecule has 0 amide bonds. The predicted octanol–water partition coefficient (Wildman–Crippen LogP) is 0.571. The summed E-state index contributed by atoms with van der Waals surface area (Å²) in [7, 11) is -0.225. The van der Waals surface area contributed by atoms with Crippen molar-refractivity contribution in [2.75, 3.05) is 41.3 Å². The third-order valence-electron chi connectivity index (χ3n) is 6.23. The Morgan fingerprint density at radius 3 is 2.47 bits per heavy atom. The fourth-order valence-electron chi connectivity index (χ4n) is 4.52. The van der Waals surface area contributed by atoms with E-state index in [9.17, 15) is 33.5 Å². The first kappa shape index (κ1) is 28.0. The molecule has 0 spiro atoms. The SMILES string of the molecule is COCO[C@H]1C[C@@H](CC(OC)OC)[C@@H](CNS(=O)(=O)c2ccccc2[N+](=O)[O-])[C@@]1(CO)C(=O)O. The Labute approximate surface area is 197 Å². The second-order valence-electron chi connectivity index (χ2n) is 7.88. The molecule has 4 atom stereocenters. The Morgan fingerprint density at radius 1 is 1.29 bits per heavy atom. The summed E-state index contributed by atoms with van der Waals surface area (Å²) in [5, 5.41) is 31.6. The normalized spacial score (nSPS) is 25.0. The average Bonchev–Trinajstić information content (AvgIpc) is 3.12. The highest BCUT2D eigenvalue weighted by molar-refractivity contribution is 7.89. The van der Waals surface area contributed by atoms with E-state index in [0.29, 0.717) is 0 Å². The Morgan fingerprint density at radius 2 is 1.94 bits per heavy atom. The standard InChI is InChI=1S/C20H30N2O11S/c1-30-12-33-17-8-13(9-18(31-2)32-3)14(20(17,11-23)19(24)25)10-21-34(28,29)16-7-5-4-6-15(16)22(26)27/h4-7,13-14,17-18,21,23H,8-12H2,1-3H3,(H,24,25)/t13-,14+,17-,20+/m0/s1. The van der Waals surface area contributed by atoms with Crippen LogP contribution in [0.25, 0.3) is 0 Å². The first-order chi connectivity index (χ1) is 16.1. The molecular formula is C20H30N2O11S. The number of methoxy groups -OCH3 is 3. The van der Waals surface area contributed by atoms with Gasteiger partial charge in [-0.2, -0.15) is 0 Å². The number of hydrogen-bond acceptors (Lipinski definition) is 10. The molecule has 34 heavy (non-hydrogen) atoms. The summed E-state index contributed by atoms with van der Waals surface area (Å²) in [4.78, 5) is 22.4. The quantitative estimate of drug-likeness (QED) is 0.182. The molecule has 192 valence electrons. The molecule has 1 aliphatic carbocycles. The maximum atomic E-state index is 13.0. The van der Waals surface area contributed by atoms with Gasteiger partial charge in [0.05, 0.1) is 17.6 Å². The molecule has 1 aromatic carbocycles. The number of aliphatic carboxylic acids is 1. The monoisotopic (exact) mass is 506 g/mol. The first-order valence-electron chi connectivity index (χ1n) is 10.3. The maximum absolute atomic E-state index is 13.0. The van der Waals surface area contributed by atoms with Crippen LogP contribution in [0.15, 0.2) is 29.2 Å². The van der Waals surface area contributed by atoms with Crippen LogP contribution in [0, 0.1) is 27.4 Å². The van der Waals surface area contributed by atoms with Gasteiger partial charge in [-0.05, 0) is 24.3 Å². The first-order valence-corrected chi connectivity index (χ1v) is 11.8. The van der Waals surface area contributed by atoms with E-state index in [1.807, 2.05) is 0 Å². The van der Waals surface area contributed by atoms with Crippen molar-refractivity contribution in [2.45, 2.75) is 30.1 Å². The van der Waals surface area contributed by atoms with E-state index in [2.05, 4.69) is 4.72 Å². The smallest absolute Gasteiger partial charge is 0.315 e. The lowest BCUT2D eigenvalue weighted by atomic mass is 9.74. The number of carboxylic acid groups (broad SMARTS) is 1. The van der Waals surface area contributed by atoms with Crippen molar-refractivity contribution in [2.24, 2.45) is 17.3 Å². The highest BCUT2D eigenvalue weighted by Gasteiger charge is 2.61. The zero-order valence-electron chi connectivity index (χ0n) is 19.1. The second kappa shape index (κ2) is 12.0. The van der Waals surface area contributed by atoms with Gasteiger partial charge in [0.25, 0.3) is 5.69 Å². The van der Waals surface area contributed by atoms with Crippen LogP contribution in [0.3, 0.4) is 0 Å². The highest BCUT2D eigenvalue weighted by atomic mass is 32.2. The van der Waals surface area contributed by atoms with E-state index in [1.54, 1.807) is 0 Å². The summed E-state index contributed by atoms with van der Waals surface area (Å²) in [5.74, 6) is -2.86. The number of rotatable bonds is 14. The van der Waals surface area contributed by atoms with Crippen molar-refractivity contribution in [3.63, 3.8) is 0 Å². The van der Waals surface area contributed by atoms with Crippen molar-refractivity contribution < 1.29 is 47.3 Å². The highest BCUT2D eigenvalue weighted by Crippen LogP contribution is 2.50. The minimum Gasteiger partial charge on any atom is -0.481 e. The zero-order chi connectivity index (χ0) is 25.5. The molecule has 0 unspecified atom stereocenters. The Bertz CT molecular complexity index is 954. The third-order valence-corrected chi connectivity index (χ3v) is 7.71. The van der Waals surface area contributed by atoms with E-state index in [4.69, 9.17) is 18.9 Å². The molecule has 0 radical (unpaired) electrons. The lowest BCUT2D eigenvalue weighted by Crippen LogP contribution is -2.51. The van der Waals surface area contributed by atoms with E-state index in [1.165, 1.54) is 33.5 Å². The van der Waals surface area contributed by atoms with Crippen LogP contribution in [0.4, 0.5) is 5.69 Å². The largest absolute Gasteiger partial charge is 0.481 e. The Hall–Kier alpha value is -2.20. The second-order valence-corrected chi connectivity index (χ2v) is 9.62. The number of benzene rings is 1. The van der Waals surface area contributed by atoms with Gasteiger partial charge in [0, 0.05) is 40.4 Å². The van der Waals surface area contributed by atoms with Gasteiger partial charge in [-0.15, -0.1) is 0 Å². The van der Waals surface area contributed by atoms with E-state index in [0.717, 1.165) is 12.1 Å². The van der Waals surface area contributed by atoms with Gasteiger partial charge in [-0.25, -0.2) is 13.1 Å². The van der Waals surface area contributed by atoms with Gasteiger partial charge in [-0.1, -0.05) is 12.1 Å². The molecule has 0 saturated heterocycles. The number of hydrogen-bond donors (Lipinski definition) is 3. The van der Waals surface area contributed by atoms with Crippen LogP contribution in [0.2, 0.25) is 0 Å². The number of nitrogens with one attached hydrogen (secondary N) is 1. The summed E-state index contributed by atoms with van der Waals surface area (Å²) in [5.41, 5.74) is -2.50. The van der Waals surface area contributed by atoms with E-state index >= 15 is 0 Å². The number of sulfonamides is 1. The molecule has 3 N–H and O–H groups in total. The number of ether oxygens (including phenoxy) is 4. The van der Waals surface area contributed by atoms with Crippen molar-refractivity contribution in [3.8, 4) is 0 Å². The van der Waals surface area contributed by atoms with Gasteiger partial charge >= 0.3 is 5.97 Å². The molecule has 1 aromatic rings. The van der Waals surface area contributed by atoms with Crippen LogP contribution < -0.4 is 4.72 Å². The van der Waals surface area contributed by atoms with E-state index in [-0.39, 0.29) is 19.6 Å². The molecule has 1 saturated carbocycles. The molecule has 14 heteroatoms. The Balaban J connectivity index is 2.44. The number of nitro groups is 1. The molecular weight excluding hydrogens is 476 g/mol. The van der Waals surface area contributed by atoms with Crippen molar-refractivity contribution in [1.29, 1.82) is 0 Å². The fourth-order valence-corrected chi connectivity index (χ4v) is 5.75. The van der Waals surface area contributed by atoms with Crippen molar-refractivity contribution in [3.05, 3.63) is 34.4 Å². The third kappa shape index (κ3) is 5.71. The molecule has 2 rings (SSSR count). The van der Waals surface area contributed by atoms with Gasteiger partial charge in [0.2, 0.25) is 10.0 Å². The molecule has 0 aromatic heterocycles. The number of aliphatic hydroxyl groups is 1. The van der Waals surface area contributed by atoms with Crippen molar-refractivity contribution in [1.82, 2.24) is 4.72 Å². The fraction of sp³-hybridized carbons (Fsp3) is 0.650. The minimum absolute atomic E-state index is 0.150. The zero-order valence-corrected chi connectivity index (χ0v) is 19.9. The maximum Gasteiger partial charge on any atom is 0.315 e. The summed E-state index contributed by atoms with van der Waals surface area (Å²) < 4.78 is 49.2. The van der Waals surface area contributed by atoms with E-state index < -0.39 is 74.3 Å². The molecule has 0 heterocycles. The minimum atomic E-state index is -4.40. The molecule has 13 nitrogen and oxygen atoms in total. The van der Waals surface area contributed by atoms with Crippen LogP contribution in [-0.2, 0) is 33.8 Å². The topological polar surface area (TPSA) is 184 Å². The molecule has 1 aliphatic rings. The number of nitrogens with zero attached hydrogens (tertiary/aromatic N) is 1. The van der Waals surface area contributed by atoms with Gasteiger partial charge in [-0.3, -0.25) is 14.9 Å².